The SMILES string of the molecule is CCCc1ccc(C2=CCC(C3CCC4(CC3)OCCO4)CC2)cc1. The van der Waals surface area contributed by atoms with Gasteiger partial charge in [-0.05, 0) is 67.1 Å². The largest absolute Gasteiger partial charge is 0.348 e. The lowest BCUT2D eigenvalue weighted by Crippen LogP contribution is -2.37. The zero-order valence-corrected chi connectivity index (χ0v) is 15.6. The van der Waals surface area contributed by atoms with E-state index < -0.39 is 0 Å². The molecule has 1 aliphatic heterocycles. The number of benzene rings is 1. The molecule has 0 amide bonds. The van der Waals surface area contributed by atoms with Gasteiger partial charge in [-0.25, -0.2) is 0 Å². The Kier molecular flexibility index (Phi) is 5.28. The molecule has 4 rings (SSSR count). The molecule has 1 aromatic rings. The minimum absolute atomic E-state index is 0.202. The molecule has 25 heavy (non-hydrogen) atoms. The second kappa shape index (κ2) is 7.63. The van der Waals surface area contributed by atoms with E-state index in [-0.39, 0.29) is 5.79 Å². The molecule has 1 unspecified atom stereocenters. The maximum Gasteiger partial charge on any atom is 0.168 e. The van der Waals surface area contributed by atoms with Gasteiger partial charge in [0.25, 0.3) is 0 Å². The van der Waals surface area contributed by atoms with E-state index in [9.17, 15) is 0 Å². The summed E-state index contributed by atoms with van der Waals surface area (Å²) in [6, 6.07) is 9.29. The predicted molar refractivity (Wildman–Crippen MR) is 102 cm³/mol. The molecule has 0 bridgehead atoms. The molecule has 136 valence electrons. The number of ether oxygens (including phenoxy) is 2. The van der Waals surface area contributed by atoms with Crippen molar-refractivity contribution in [1.29, 1.82) is 0 Å². The van der Waals surface area contributed by atoms with E-state index in [1.54, 1.807) is 5.57 Å². The fraction of sp³-hybridized carbons (Fsp3) is 0.652. The van der Waals surface area contributed by atoms with Crippen molar-refractivity contribution in [2.75, 3.05) is 13.2 Å². The van der Waals surface area contributed by atoms with Crippen molar-refractivity contribution in [3.8, 4) is 0 Å². The molecule has 2 heteroatoms. The number of allylic oxidation sites excluding steroid dienone is 2. The fourth-order valence-electron chi connectivity index (χ4n) is 5.06. The predicted octanol–water partition coefficient (Wildman–Crippen LogP) is 5.76. The second-order valence-corrected chi connectivity index (χ2v) is 8.16. The van der Waals surface area contributed by atoms with Crippen LogP contribution in [0, 0.1) is 11.8 Å². The van der Waals surface area contributed by atoms with E-state index in [1.807, 2.05) is 0 Å². The first-order chi connectivity index (χ1) is 12.3. The molecule has 2 nitrogen and oxygen atoms in total. The monoisotopic (exact) mass is 340 g/mol. The van der Waals surface area contributed by atoms with Gasteiger partial charge in [-0.3, -0.25) is 0 Å². The average molecular weight is 341 g/mol. The molecule has 0 aromatic heterocycles. The lowest BCUT2D eigenvalue weighted by atomic mass is 9.72. The summed E-state index contributed by atoms with van der Waals surface area (Å²) < 4.78 is 11.8. The van der Waals surface area contributed by atoms with Crippen LogP contribution >= 0.6 is 0 Å². The van der Waals surface area contributed by atoms with Crippen LogP contribution in [0.4, 0.5) is 0 Å². The first-order valence-electron chi connectivity index (χ1n) is 10.3. The number of hydrogen-bond acceptors (Lipinski definition) is 2. The molecule has 1 saturated heterocycles. The van der Waals surface area contributed by atoms with Gasteiger partial charge < -0.3 is 9.47 Å². The van der Waals surface area contributed by atoms with Crippen LogP contribution in [0.3, 0.4) is 0 Å². The number of hydrogen-bond donors (Lipinski definition) is 0. The molecule has 0 N–H and O–H groups in total. The molecule has 2 aliphatic carbocycles. The highest BCUT2D eigenvalue weighted by Gasteiger charge is 2.41. The van der Waals surface area contributed by atoms with Gasteiger partial charge in [-0.15, -0.1) is 0 Å². The molecule has 1 heterocycles. The van der Waals surface area contributed by atoms with Gasteiger partial charge in [0, 0.05) is 12.8 Å². The van der Waals surface area contributed by atoms with Crippen molar-refractivity contribution in [1.82, 2.24) is 0 Å². The van der Waals surface area contributed by atoms with Crippen LogP contribution in [0.2, 0.25) is 0 Å². The molecule has 1 atom stereocenters. The average Bonchev–Trinajstić information content (AvgIpc) is 3.12. The van der Waals surface area contributed by atoms with Gasteiger partial charge in [-0.2, -0.15) is 0 Å². The summed E-state index contributed by atoms with van der Waals surface area (Å²) >= 11 is 0. The first-order valence-corrected chi connectivity index (χ1v) is 10.3. The van der Waals surface area contributed by atoms with E-state index in [0.29, 0.717) is 0 Å². The Bertz CT molecular complexity index is 585. The van der Waals surface area contributed by atoms with Crippen LogP contribution in [0.25, 0.3) is 5.57 Å². The highest BCUT2D eigenvalue weighted by atomic mass is 16.7. The van der Waals surface area contributed by atoms with Crippen LogP contribution in [0.1, 0.15) is 69.4 Å². The normalized spacial score (nSPS) is 26.8. The van der Waals surface area contributed by atoms with Crippen molar-refractivity contribution >= 4 is 5.57 Å². The van der Waals surface area contributed by atoms with Gasteiger partial charge in [-0.1, -0.05) is 43.7 Å². The molecular weight excluding hydrogens is 308 g/mol. The standard InChI is InChI=1S/C23H32O2/c1-2-3-18-4-6-19(7-5-18)20-8-10-21(11-9-20)22-12-14-23(15-13-22)24-16-17-25-23/h4-8,21-22H,2-3,9-17H2,1H3. The molecule has 1 spiro atoms. The van der Waals surface area contributed by atoms with Crippen molar-refractivity contribution in [2.45, 2.75) is 70.5 Å². The Morgan fingerprint density at radius 2 is 1.68 bits per heavy atom. The van der Waals surface area contributed by atoms with Crippen molar-refractivity contribution in [3.63, 3.8) is 0 Å². The Labute approximate surface area is 152 Å². The summed E-state index contributed by atoms with van der Waals surface area (Å²) in [4.78, 5) is 0. The Hall–Kier alpha value is -1.12. The van der Waals surface area contributed by atoms with Crippen LogP contribution < -0.4 is 0 Å². The number of aryl methyl sites for hydroxylation is 1. The van der Waals surface area contributed by atoms with Crippen LogP contribution in [-0.2, 0) is 15.9 Å². The highest BCUT2D eigenvalue weighted by molar-refractivity contribution is 5.66. The summed E-state index contributed by atoms with van der Waals surface area (Å²) in [5.74, 6) is 1.52. The summed E-state index contributed by atoms with van der Waals surface area (Å²) in [5, 5.41) is 0. The van der Waals surface area contributed by atoms with E-state index in [2.05, 4.69) is 37.3 Å². The maximum absolute atomic E-state index is 5.88. The zero-order chi connectivity index (χ0) is 17.1. The fourth-order valence-corrected chi connectivity index (χ4v) is 5.06. The zero-order valence-electron chi connectivity index (χ0n) is 15.6. The van der Waals surface area contributed by atoms with Gasteiger partial charge in [0.1, 0.15) is 0 Å². The second-order valence-electron chi connectivity index (χ2n) is 8.16. The molecule has 3 aliphatic rings. The van der Waals surface area contributed by atoms with Crippen molar-refractivity contribution < 1.29 is 9.47 Å². The molecule has 1 aromatic carbocycles. The summed E-state index contributed by atoms with van der Waals surface area (Å²) in [6.45, 7) is 3.82. The molecular formula is C23H32O2. The number of rotatable bonds is 4. The lowest BCUT2D eigenvalue weighted by Gasteiger charge is -2.39. The Morgan fingerprint density at radius 3 is 2.28 bits per heavy atom. The topological polar surface area (TPSA) is 18.5 Å². The van der Waals surface area contributed by atoms with E-state index in [4.69, 9.17) is 9.47 Å². The quantitative estimate of drug-likeness (QED) is 0.694. The van der Waals surface area contributed by atoms with Crippen LogP contribution in [0.15, 0.2) is 30.3 Å². The van der Waals surface area contributed by atoms with Gasteiger partial charge >= 0.3 is 0 Å². The summed E-state index contributed by atoms with van der Waals surface area (Å²) in [6.07, 6.45) is 13.5. The lowest BCUT2D eigenvalue weighted by molar-refractivity contribution is -0.184. The van der Waals surface area contributed by atoms with Crippen LogP contribution in [-0.4, -0.2) is 19.0 Å². The minimum Gasteiger partial charge on any atom is -0.348 e. The van der Waals surface area contributed by atoms with E-state index in [0.717, 1.165) is 37.9 Å². The molecule has 2 fully saturated rings. The third kappa shape index (κ3) is 3.85. The third-order valence-electron chi connectivity index (χ3n) is 6.59. The Morgan fingerprint density at radius 1 is 0.960 bits per heavy atom. The molecule has 0 radical (unpaired) electrons. The van der Waals surface area contributed by atoms with Gasteiger partial charge in [0.2, 0.25) is 0 Å². The van der Waals surface area contributed by atoms with Gasteiger partial charge in [0.05, 0.1) is 13.2 Å². The van der Waals surface area contributed by atoms with Crippen LogP contribution in [0.5, 0.6) is 0 Å². The van der Waals surface area contributed by atoms with E-state index >= 15 is 0 Å². The maximum atomic E-state index is 5.88. The van der Waals surface area contributed by atoms with Crippen molar-refractivity contribution in [3.05, 3.63) is 41.5 Å². The summed E-state index contributed by atoms with van der Waals surface area (Å²) in [7, 11) is 0. The highest BCUT2D eigenvalue weighted by Crippen LogP contribution is 2.44. The smallest absolute Gasteiger partial charge is 0.168 e. The van der Waals surface area contributed by atoms with Gasteiger partial charge in [0.15, 0.2) is 5.79 Å². The first kappa shape index (κ1) is 17.3. The minimum atomic E-state index is -0.202. The Balaban J connectivity index is 1.33. The summed E-state index contributed by atoms with van der Waals surface area (Å²) in [5.41, 5.74) is 4.47. The molecule has 1 saturated carbocycles. The van der Waals surface area contributed by atoms with E-state index in [1.165, 1.54) is 56.1 Å². The van der Waals surface area contributed by atoms with Crippen molar-refractivity contribution in [2.24, 2.45) is 11.8 Å². The third-order valence-corrected chi connectivity index (χ3v) is 6.59.